The first-order valence-electron chi connectivity index (χ1n) is 11.5. The van der Waals surface area contributed by atoms with Crippen molar-refractivity contribution >= 4 is 22.5 Å². The molecule has 2 aromatic carbocycles. The molecule has 0 amide bonds. The van der Waals surface area contributed by atoms with Gasteiger partial charge in [-0.2, -0.15) is 0 Å². The van der Waals surface area contributed by atoms with Crippen LogP contribution in [0.5, 0.6) is 0 Å². The van der Waals surface area contributed by atoms with Gasteiger partial charge in [0.05, 0.1) is 12.0 Å². The normalized spacial score (nSPS) is 22.2. The van der Waals surface area contributed by atoms with E-state index in [1.165, 1.54) is 11.9 Å². The summed E-state index contributed by atoms with van der Waals surface area (Å²) in [6.07, 6.45) is -0.912. The van der Waals surface area contributed by atoms with E-state index in [9.17, 15) is 15.3 Å². The van der Waals surface area contributed by atoms with Crippen LogP contribution in [0, 0.1) is 0 Å². The van der Waals surface area contributed by atoms with Crippen LogP contribution in [0.3, 0.4) is 0 Å². The molecule has 0 saturated carbocycles. The first-order chi connectivity index (χ1) is 17.0. The summed E-state index contributed by atoms with van der Waals surface area (Å²) in [5.41, 5.74) is 4.43. The van der Waals surface area contributed by atoms with Crippen LogP contribution in [-0.2, 0) is 11.3 Å². The van der Waals surface area contributed by atoms with Gasteiger partial charge in [0.2, 0.25) is 0 Å². The van der Waals surface area contributed by atoms with E-state index in [0.717, 1.165) is 28.7 Å². The molecule has 182 valence electrons. The van der Waals surface area contributed by atoms with Gasteiger partial charge in [-0.1, -0.05) is 42.5 Å². The van der Waals surface area contributed by atoms with Crippen molar-refractivity contribution in [3.63, 3.8) is 0 Å². The standard InChI is InChI=1S/C26H29N5O4/c1-30(2)12-16-8-10-18(11-9-16)29-24-21-19(17-6-4-3-5-7-17)13-31(25(21)28-15-27-24)26-23(34)22(33)20(14-32)35-26/h3-11,13,15,20,22-23,26,32-34H,12,14H2,1-2H3,(H,27,28,29)/t20-,22+,23+,26+/m0/s1. The Kier molecular flexibility index (Phi) is 6.50. The van der Waals surface area contributed by atoms with Crippen LogP contribution in [0.1, 0.15) is 11.8 Å². The van der Waals surface area contributed by atoms with Crippen molar-refractivity contribution in [2.45, 2.75) is 31.1 Å². The molecule has 4 atom stereocenters. The summed E-state index contributed by atoms with van der Waals surface area (Å²) < 4.78 is 7.51. The number of aromatic nitrogens is 3. The van der Waals surface area contributed by atoms with Crippen molar-refractivity contribution in [2.24, 2.45) is 0 Å². The second kappa shape index (κ2) is 9.73. The molecule has 5 rings (SSSR count). The van der Waals surface area contributed by atoms with Crippen LogP contribution in [-0.4, -0.2) is 73.8 Å². The number of hydrogen-bond acceptors (Lipinski definition) is 8. The smallest absolute Gasteiger partial charge is 0.164 e. The van der Waals surface area contributed by atoms with Gasteiger partial charge in [0.15, 0.2) is 6.23 Å². The molecule has 0 unspecified atom stereocenters. The highest BCUT2D eigenvalue weighted by atomic mass is 16.6. The van der Waals surface area contributed by atoms with Crippen LogP contribution in [0.4, 0.5) is 11.5 Å². The zero-order valence-corrected chi connectivity index (χ0v) is 19.6. The molecular formula is C26H29N5O4. The molecule has 1 aliphatic rings. The van der Waals surface area contributed by atoms with Crippen molar-refractivity contribution < 1.29 is 20.1 Å². The second-order valence-corrected chi connectivity index (χ2v) is 9.03. The first-order valence-corrected chi connectivity index (χ1v) is 11.5. The average Bonchev–Trinajstić information content (AvgIpc) is 3.39. The number of anilines is 2. The Balaban J connectivity index is 1.59. The molecule has 0 aliphatic carbocycles. The molecular weight excluding hydrogens is 446 g/mol. The molecule has 35 heavy (non-hydrogen) atoms. The summed E-state index contributed by atoms with van der Waals surface area (Å²) in [5.74, 6) is 0.611. The van der Waals surface area contributed by atoms with Gasteiger partial charge < -0.3 is 34.8 Å². The first kappa shape index (κ1) is 23.4. The summed E-state index contributed by atoms with van der Waals surface area (Å²) >= 11 is 0. The van der Waals surface area contributed by atoms with Crippen LogP contribution in [0.2, 0.25) is 0 Å². The number of nitrogens with one attached hydrogen (secondary N) is 1. The molecule has 9 heteroatoms. The Morgan fingerprint density at radius 2 is 1.74 bits per heavy atom. The Morgan fingerprint density at radius 1 is 1.00 bits per heavy atom. The van der Waals surface area contributed by atoms with Crippen molar-refractivity contribution in [1.29, 1.82) is 0 Å². The highest BCUT2D eigenvalue weighted by molar-refractivity contribution is 6.02. The highest BCUT2D eigenvalue weighted by Crippen LogP contribution is 2.39. The summed E-state index contributed by atoms with van der Waals surface area (Å²) in [6, 6.07) is 18.0. The summed E-state index contributed by atoms with van der Waals surface area (Å²) in [7, 11) is 4.07. The Hall–Kier alpha value is -3.34. The molecule has 1 saturated heterocycles. The SMILES string of the molecule is CN(C)Cc1ccc(Nc2ncnc3c2c(-c2ccccc2)cn3[C@@H]2O[C@@H](CO)[C@@H](O)[C@H]2O)cc1. The maximum Gasteiger partial charge on any atom is 0.164 e. The van der Waals surface area contributed by atoms with Gasteiger partial charge in [0.1, 0.15) is 36.1 Å². The maximum absolute atomic E-state index is 10.7. The van der Waals surface area contributed by atoms with Gasteiger partial charge in [0.25, 0.3) is 0 Å². The van der Waals surface area contributed by atoms with Gasteiger partial charge >= 0.3 is 0 Å². The topological polar surface area (TPSA) is 116 Å². The van der Waals surface area contributed by atoms with E-state index >= 15 is 0 Å². The summed E-state index contributed by atoms with van der Waals surface area (Å²) in [5, 5.41) is 34.7. The van der Waals surface area contributed by atoms with Crippen molar-refractivity contribution in [3.8, 4) is 11.1 Å². The zero-order valence-electron chi connectivity index (χ0n) is 19.6. The van der Waals surface area contributed by atoms with Crippen LogP contribution in [0.15, 0.2) is 67.1 Å². The maximum atomic E-state index is 10.7. The fourth-order valence-corrected chi connectivity index (χ4v) is 4.52. The van der Waals surface area contributed by atoms with Gasteiger partial charge in [-0.25, -0.2) is 9.97 Å². The third kappa shape index (κ3) is 4.52. The minimum absolute atomic E-state index is 0.398. The fraction of sp³-hybridized carbons (Fsp3) is 0.308. The number of nitrogens with zero attached hydrogens (tertiary/aromatic N) is 4. The molecule has 0 spiro atoms. The van der Waals surface area contributed by atoms with Crippen LogP contribution < -0.4 is 5.32 Å². The summed E-state index contributed by atoms with van der Waals surface area (Å²) in [4.78, 5) is 11.1. The minimum atomic E-state index is -1.22. The predicted octanol–water partition coefficient (Wildman–Crippen LogP) is 2.51. The third-order valence-corrected chi connectivity index (χ3v) is 6.20. The van der Waals surface area contributed by atoms with Crippen molar-refractivity contribution in [1.82, 2.24) is 19.4 Å². The van der Waals surface area contributed by atoms with Crippen LogP contribution in [0.25, 0.3) is 22.2 Å². The van der Waals surface area contributed by atoms with Crippen molar-refractivity contribution in [3.05, 3.63) is 72.7 Å². The van der Waals surface area contributed by atoms with E-state index in [-0.39, 0.29) is 0 Å². The van der Waals surface area contributed by atoms with Gasteiger partial charge in [-0.05, 0) is 37.4 Å². The monoisotopic (exact) mass is 475 g/mol. The van der Waals surface area contributed by atoms with E-state index in [2.05, 4.69) is 32.3 Å². The predicted molar refractivity (Wildman–Crippen MR) is 133 cm³/mol. The molecule has 0 radical (unpaired) electrons. The zero-order chi connectivity index (χ0) is 24.5. The van der Waals surface area contributed by atoms with Crippen molar-refractivity contribution in [2.75, 3.05) is 26.0 Å². The Bertz CT molecular complexity index is 1290. The number of fused-ring (bicyclic) bond motifs is 1. The molecule has 9 nitrogen and oxygen atoms in total. The number of hydrogen-bond donors (Lipinski definition) is 4. The van der Waals surface area contributed by atoms with Gasteiger partial charge in [-0.15, -0.1) is 0 Å². The number of aliphatic hydroxyl groups is 3. The molecule has 1 fully saturated rings. The minimum Gasteiger partial charge on any atom is -0.394 e. The molecule has 2 aromatic heterocycles. The molecule has 4 N–H and O–H groups in total. The number of rotatable bonds is 7. The van der Waals surface area contributed by atoms with Crippen LogP contribution >= 0.6 is 0 Å². The number of benzene rings is 2. The third-order valence-electron chi connectivity index (χ3n) is 6.20. The fourth-order valence-electron chi connectivity index (χ4n) is 4.52. The van der Waals surface area contributed by atoms with E-state index in [1.807, 2.05) is 62.8 Å². The Morgan fingerprint density at radius 3 is 2.40 bits per heavy atom. The molecule has 4 aromatic rings. The van der Waals surface area contributed by atoms with Gasteiger partial charge in [0, 0.05) is 24.0 Å². The lowest BCUT2D eigenvalue weighted by atomic mass is 10.1. The quantitative estimate of drug-likeness (QED) is 0.322. The molecule has 1 aliphatic heterocycles. The van der Waals surface area contributed by atoms with E-state index < -0.39 is 31.1 Å². The highest BCUT2D eigenvalue weighted by Gasteiger charge is 2.44. The lowest BCUT2D eigenvalue weighted by Crippen LogP contribution is -2.33. The average molecular weight is 476 g/mol. The molecule has 0 bridgehead atoms. The van der Waals surface area contributed by atoms with Gasteiger partial charge in [-0.3, -0.25) is 0 Å². The lowest BCUT2D eigenvalue weighted by molar-refractivity contribution is -0.0508. The Labute approximate surface area is 203 Å². The van der Waals surface area contributed by atoms with E-state index in [1.54, 1.807) is 4.57 Å². The lowest BCUT2D eigenvalue weighted by Gasteiger charge is -2.17. The van der Waals surface area contributed by atoms with E-state index in [0.29, 0.717) is 11.5 Å². The second-order valence-electron chi connectivity index (χ2n) is 9.03. The molecule has 3 heterocycles. The van der Waals surface area contributed by atoms with E-state index in [4.69, 9.17) is 4.74 Å². The largest absolute Gasteiger partial charge is 0.394 e. The number of aliphatic hydroxyl groups excluding tert-OH is 3. The summed E-state index contributed by atoms with van der Waals surface area (Å²) in [6.45, 7) is 0.453. The number of ether oxygens (including phenoxy) is 1.